The zero-order valence-electron chi connectivity index (χ0n) is 4.57. The Morgan fingerprint density at radius 1 is 1.00 bits per heavy atom. The molecule has 0 aromatic carbocycles. The minimum Gasteiger partial charge on any atom is -0.563 e. The van der Waals surface area contributed by atoms with Crippen molar-refractivity contribution in [3.63, 3.8) is 0 Å². The van der Waals surface area contributed by atoms with Crippen molar-refractivity contribution in [1.82, 2.24) is 0 Å². The number of rotatable bonds is 0. The van der Waals surface area contributed by atoms with Gasteiger partial charge in [-0.1, -0.05) is 0 Å². The highest BCUT2D eigenvalue weighted by Crippen LogP contribution is 1.32. The number of quaternary nitrogens is 2. The lowest BCUT2D eigenvalue weighted by molar-refractivity contribution is -0.580. The molecule has 0 bridgehead atoms. The monoisotopic (exact) mass is 86.1 g/mol. The Bertz CT molecular complexity index is 25.0. The van der Waals surface area contributed by atoms with Gasteiger partial charge in [0.2, 0.25) is 14.8 Å². The van der Waals surface area contributed by atoms with E-state index < -0.39 is 0 Å². The van der Waals surface area contributed by atoms with Crippen LogP contribution in [-0.4, -0.2) is 27.7 Å². The average molecular weight is 85.8 g/mol. The zero-order valence-corrected chi connectivity index (χ0v) is 4.57. The van der Waals surface area contributed by atoms with Gasteiger partial charge in [0.05, 0.1) is 0 Å². The second-order valence-corrected chi connectivity index (χ2v) is 2.45. The minimum atomic E-state index is 0.458. The van der Waals surface area contributed by atoms with Gasteiger partial charge in [-0.25, -0.2) is 0 Å². The van der Waals surface area contributed by atoms with Crippen molar-refractivity contribution in [2.45, 2.75) is 0 Å². The van der Waals surface area contributed by atoms with E-state index in [0.29, 0.717) is 14.8 Å². The van der Waals surface area contributed by atoms with E-state index in [1.807, 2.05) is 0 Å². The topological polar surface area (TPSA) is 33.2 Å². The molecule has 4 heteroatoms. The third kappa shape index (κ3) is 1.03. The van der Waals surface area contributed by atoms with Crippen molar-refractivity contribution in [3.05, 3.63) is 0 Å². The normalized spacial score (nSPS) is 24.0. The predicted octanol–water partition coefficient (Wildman–Crippen LogP) is -4.79. The van der Waals surface area contributed by atoms with Gasteiger partial charge in [-0.2, -0.15) is 0 Å². The van der Waals surface area contributed by atoms with Crippen LogP contribution in [-0.2, 0) is 0 Å². The third-order valence-electron chi connectivity index (χ3n) is 1.87. The van der Waals surface area contributed by atoms with E-state index in [2.05, 4.69) is 10.5 Å². The second-order valence-electron chi connectivity index (χ2n) is 2.45. The Hall–Kier alpha value is 0.0499. The fourth-order valence-electron chi connectivity index (χ4n) is 1.38. The Kier molecular flexibility index (Phi) is 1.59. The van der Waals surface area contributed by atoms with Gasteiger partial charge >= 0.3 is 0 Å². The molecule has 0 radical (unpaired) electrons. The maximum atomic E-state index is 2.54. The van der Waals surface area contributed by atoms with Gasteiger partial charge < -0.3 is 10.5 Å². The highest BCUT2D eigenvalue weighted by atomic mass is 14.9. The van der Waals surface area contributed by atoms with Crippen LogP contribution in [0.3, 0.4) is 0 Å². The molecule has 1 aliphatic rings. The summed E-state index contributed by atoms with van der Waals surface area (Å²) in [6.07, 6.45) is 3.00. The molecule has 1 aliphatic heterocycles. The summed E-state index contributed by atoms with van der Waals surface area (Å²) in [4.78, 5) is 0. The summed E-state index contributed by atoms with van der Waals surface area (Å²) in [5.41, 5.74) is 0. The standard InChI is InChI=1S/C2H12B2N2/c1-3-6-2-4-5-1/h1-6H2. The fourth-order valence-corrected chi connectivity index (χ4v) is 1.38. The molecular formula is C2H12B2N2. The van der Waals surface area contributed by atoms with E-state index in [4.69, 9.17) is 0 Å². The quantitative estimate of drug-likeness (QED) is 0.277. The average Bonchev–Trinajstić information content (AvgIpc) is 1.72. The van der Waals surface area contributed by atoms with Gasteiger partial charge in [-0.15, -0.1) is 0 Å². The van der Waals surface area contributed by atoms with Gasteiger partial charge in [0.15, 0.2) is 0 Å². The van der Waals surface area contributed by atoms with E-state index >= 15 is 0 Å². The Morgan fingerprint density at radius 2 is 1.50 bits per heavy atom. The van der Waals surface area contributed by atoms with Crippen molar-refractivity contribution in [3.8, 4) is 0 Å². The van der Waals surface area contributed by atoms with Crippen LogP contribution < -0.4 is 10.5 Å². The molecular weight excluding hydrogens is 73.7 g/mol. The zero-order chi connectivity index (χ0) is 4.24. The predicted molar refractivity (Wildman–Crippen MR) is 30.7 cm³/mol. The molecule has 0 amide bonds. The SMILES string of the molecule is [BH2-]1C[NH2+][BH2-]C[NH2+]1. The molecule has 0 saturated carbocycles. The molecule has 1 fully saturated rings. The van der Waals surface area contributed by atoms with E-state index in [0.717, 1.165) is 0 Å². The van der Waals surface area contributed by atoms with Gasteiger partial charge in [0.1, 0.15) is 0 Å². The molecule has 0 aromatic rings. The van der Waals surface area contributed by atoms with Crippen molar-refractivity contribution < 1.29 is 10.5 Å². The van der Waals surface area contributed by atoms with Crippen molar-refractivity contribution in [2.75, 3.05) is 12.9 Å². The van der Waals surface area contributed by atoms with E-state index in [1.54, 1.807) is 0 Å². The molecule has 36 valence electrons. The lowest BCUT2D eigenvalue weighted by Crippen LogP contribution is -3.07. The molecule has 6 heavy (non-hydrogen) atoms. The molecule has 0 spiro atoms. The molecule has 0 aliphatic carbocycles. The van der Waals surface area contributed by atoms with Gasteiger partial charge in [-0.05, 0) is 12.9 Å². The largest absolute Gasteiger partial charge is 0.563 e. The fraction of sp³-hybridized carbons (Fsp3) is 1.00. The number of hydrogen-bond acceptors (Lipinski definition) is 0. The van der Waals surface area contributed by atoms with Gasteiger partial charge in [0.25, 0.3) is 0 Å². The summed E-state index contributed by atoms with van der Waals surface area (Å²) >= 11 is 0. The van der Waals surface area contributed by atoms with Crippen LogP contribution in [0.4, 0.5) is 0 Å². The highest BCUT2D eigenvalue weighted by molar-refractivity contribution is 6.31. The molecule has 2 nitrogen and oxygen atoms in total. The summed E-state index contributed by atoms with van der Waals surface area (Å²) in [5.74, 6) is 0. The maximum Gasteiger partial charge on any atom is 0.224 e. The summed E-state index contributed by atoms with van der Waals surface area (Å²) in [6.45, 7) is 0. The second kappa shape index (κ2) is 2.26. The van der Waals surface area contributed by atoms with Crippen LogP contribution in [0.15, 0.2) is 0 Å². The third-order valence-corrected chi connectivity index (χ3v) is 1.87. The molecule has 4 N–H and O–H groups in total. The van der Waals surface area contributed by atoms with Crippen LogP contribution in [0.1, 0.15) is 0 Å². The van der Waals surface area contributed by atoms with Crippen molar-refractivity contribution >= 4 is 14.8 Å². The molecule has 1 saturated heterocycles. The highest BCUT2D eigenvalue weighted by Gasteiger charge is 1.91. The van der Waals surface area contributed by atoms with Gasteiger partial charge in [0, 0.05) is 0 Å². The number of hydrogen-bond donors (Lipinski definition) is 2. The van der Waals surface area contributed by atoms with Crippen LogP contribution in [0.2, 0.25) is 0 Å². The van der Waals surface area contributed by atoms with E-state index in [9.17, 15) is 0 Å². The number of nitrogens with two attached hydrogens (primary N) is 2. The first-order chi connectivity index (χ1) is 3.00. The molecule has 1 rings (SSSR count). The Balaban J connectivity index is 2.00. The first-order valence-corrected chi connectivity index (χ1v) is 3.39. The molecule has 1 heterocycles. The van der Waals surface area contributed by atoms with Crippen LogP contribution in [0, 0.1) is 0 Å². The van der Waals surface area contributed by atoms with Crippen LogP contribution >= 0.6 is 0 Å². The van der Waals surface area contributed by atoms with E-state index in [-0.39, 0.29) is 0 Å². The Morgan fingerprint density at radius 3 is 1.67 bits per heavy atom. The molecule has 0 unspecified atom stereocenters. The van der Waals surface area contributed by atoms with Crippen LogP contribution in [0.25, 0.3) is 0 Å². The summed E-state index contributed by atoms with van der Waals surface area (Å²) in [6, 6.07) is 0. The van der Waals surface area contributed by atoms with Crippen molar-refractivity contribution in [1.29, 1.82) is 0 Å². The minimum absolute atomic E-state index is 0.458. The lowest BCUT2D eigenvalue weighted by Gasteiger charge is -2.16. The summed E-state index contributed by atoms with van der Waals surface area (Å²) < 4.78 is 0. The molecule has 0 aromatic heterocycles. The van der Waals surface area contributed by atoms with Crippen LogP contribution in [0.5, 0.6) is 0 Å². The van der Waals surface area contributed by atoms with Gasteiger partial charge in [-0.3, -0.25) is 0 Å². The Labute approximate surface area is 39.2 Å². The molecule has 0 atom stereocenters. The first kappa shape index (κ1) is 4.22. The lowest BCUT2D eigenvalue weighted by atomic mass is 9.80. The first-order valence-electron chi connectivity index (χ1n) is 3.39. The smallest absolute Gasteiger partial charge is 0.224 e. The summed E-state index contributed by atoms with van der Waals surface area (Å²) in [5, 5.41) is 5.08. The van der Waals surface area contributed by atoms with E-state index in [1.165, 1.54) is 12.9 Å². The summed E-state index contributed by atoms with van der Waals surface area (Å²) in [7, 11) is 0.917. The van der Waals surface area contributed by atoms with Crippen molar-refractivity contribution in [2.24, 2.45) is 0 Å². The maximum absolute atomic E-state index is 2.54.